The van der Waals surface area contributed by atoms with Gasteiger partial charge in [0.1, 0.15) is 0 Å². The number of fused-ring (bicyclic) bond motifs is 5. The SMILES string of the molecule is C[C@@]12C(=CC(=O)C[C@H]1O)C[C@@H](C(=O)O)[C@@H]1C2=CC[C@]2(C)[C@@H](CCC(=O)O)CC[C@@H]12. The monoisotopic (exact) mass is 402 g/mol. The summed E-state index contributed by atoms with van der Waals surface area (Å²) in [6, 6.07) is 0. The zero-order valence-electron chi connectivity index (χ0n) is 17.1. The van der Waals surface area contributed by atoms with Crippen molar-refractivity contribution in [3.8, 4) is 0 Å². The molecule has 0 heterocycles. The molecule has 2 fully saturated rings. The van der Waals surface area contributed by atoms with Crippen molar-refractivity contribution in [2.75, 3.05) is 0 Å². The van der Waals surface area contributed by atoms with Gasteiger partial charge in [-0.3, -0.25) is 14.4 Å². The normalized spacial score (nSPS) is 43.6. The summed E-state index contributed by atoms with van der Waals surface area (Å²) >= 11 is 0. The van der Waals surface area contributed by atoms with Crippen molar-refractivity contribution >= 4 is 17.7 Å². The van der Waals surface area contributed by atoms with E-state index in [4.69, 9.17) is 5.11 Å². The van der Waals surface area contributed by atoms with Crippen LogP contribution in [-0.4, -0.2) is 39.1 Å². The molecule has 158 valence electrons. The predicted octanol–water partition coefficient (Wildman–Crippen LogP) is 3.20. The first-order valence-electron chi connectivity index (χ1n) is 10.7. The van der Waals surface area contributed by atoms with Gasteiger partial charge in [0.05, 0.1) is 12.0 Å². The van der Waals surface area contributed by atoms with Gasteiger partial charge in [0.25, 0.3) is 0 Å². The highest BCUT2D eigenvalue weighted by atomic mass is 16.4. The lowest BCUT2D eigenvalue weighted by atomic mass is 9.48. The highest BCUT2D eigenvalue weighted by Gasteiger charge is 2.61. The van der Waals surface area contributed by atoms with Crippen LogP contribution < -0.4 is 0 Å². The molecule has 29 heavy (non-hydrogen) atoms. The summed E-state index contributed by atoms with van der Waals surface area (Å²) in [4.78, 5) is 35.4. The number of carboxylic acids is 2. The number of aliphatic hydroxyl groups is 1. The zero-order chi connectivity index (χ0) is 21.1. The molecule has 0 aromatic rings. The van der Waals surface area contributed by atoms with E-state index in [1.807, 2.05) is 6.92 Å². The van der Waals surface area contributed by atoms with Gasteiger partial charge in [0.2, 0.25) is 0 Å². The van der Waals surface area contributed by atoms with Crippen LogP contribution in [0.15, 0.2) is 23.3 Å². The van der Waals surface area contributed by atoms with E-state index in [0.29, 0.717) is 12.8 Å². The Morgan fingerprint density at radius 3 is 2.55 bits per heavy atom. The van der Waals surface area contributed by atoms with Gasteiger partial charge in [0.15, 0.2) is 5.78 Å². The van der Waals surface area contributed by atoms with E-state index >= 15 is 0 Å². The number of hydrogen-bond donors (Lipinski definition) is 3. The Morgan fingerprint density at radius 1 is 1.17 bits per heavy atom. The van der Waals surface area contributed by atoms with Crippen molar-refractivity contribution < 1.29 is 29.7 Å². The van der Waals surface area contributed by atoms with E-state index in [2.05, 4.69) is 13.0 Å². The van der Waals surface area contributed by atoms with Crippen LogP contribution in [0.5, 0.6) is 0 Å². The molecule has 0 spiro atoms. The molecule has 2 saturated carbocycles. The Kier molecular flexibility index (Phi) is 4.76. The average molecular weight is 402 g/mol. The highest BCUT2D eigenvalue weighted by Crippen LogP contribution is 2.66. The molecule has 6 nitrogen and oxygen atoms in total. The average Bonchev–Trinajstić information content (AvgIpc) is 2.97. The van der Waals surface area contributed by atoms with Crippen molar-refractivity contribution in [1.29, 1.82) is 0 Å². The van der Waals surface area contributed by atoms with Gasteiger partial charge in [-0.05, 0) is 68.3 Å². The minimum absolute atomic E-state index is 0.0744. The molecule has 0 aromatic carbocycles. The number of hydrogen-bond acceptors (Lipinski definition) is 4. The van der Waals surface area contributed by atoms with Gasteiger partial charge in [-0.15, -0.1) is 0 Å². The number of ketones is 1. The molecule has 6 heteroatoms. The number of rotatable bonds is 4. The predicted molar refractivity (Wildman–Crippen MR) is 105 cm³/mol. The quantitative estimate of drug-likeness (QED) is 0.623. The van der Waals surface area contributed by atoms with Crippen molar-refractivity contribution in [2.24, 2.45) is 34.5 Å². The summed E-state index contributed by atoms with van der Waals surface area (Å²) in [6.45, 7) is 4.16. The van der Waals surface area contributed by atoms with Crippen LogP contribution in [0.3, 0.4) is 0 Å². The number of allylic oxidation sites excluding steroid dienone is 2. The Morgan fingerprint density at radius 2 is 1.90 bits per heavy atom. The molecule has 0 saturated heterocycles. The van der Waals surface area contributed by atoms with Gasteiger partial charge in [-0.25, -0.2) is 0 Å². The second-order valence-electron chi connectivity index (χ2n) is 9.92. The van der Waals surface area contributed by atoms with Crippen molar-refractivity contribution in [3.05, 3.63) is 23.3 Å². The van der Waals surface area contributed by atoms with Crippen LogP contribution >= 0.6 is 0 Å². The fourth-order valence-electron chi connectivity index (χ4n) is 7.03. The van der Waals surface area contributed by atoms with E-state index in [1.54, 1.807) is 6.08 Å². The Bertz CT molecular complexity index is 825. The molecule has 0 aliphatic heterocycles. The maximum absolute atomic E-state index is 12.3. The molecule has 4 aliphatic carbocycles. The number of carbonyl (C=O) groups is 3. The zero-order valence-corrected chi connectivity index (χ0v) is 17.1. The summed E-state index contributed by atoms with van der Waals surface area (Å²) < 4.78 is 0. The largest absolute Gasteiger partial charge is 0.481 e. The van der Waals surface area contributed by atoms with E-state index in [1.165, 1.54) is 0 Å². The topological polar surface area (TPSA) is 112 Å². The highest BCUT2D eigenvalue weighted by molar-refractivity contribution is 5.93. The molecule has 0 unspecified atom stereocenters. The van der Waals surface area contributed by atoms with Gasteiger partial charge in [-0.2, -0.15) is 0 Å². The molecule has 0 amide bonds. The third-order valence-electron chi connectivity index (χ3n) is 8.72. The van der Waals surface area contributed by atoms with Crippen LogP contribution in [-0.2, 0) is 14.4 Å². The van der Waals surface area contributed by atoms with Gasteiger partial charge < -0.3 is 15.3 Å². The lowest BCUT2D eigenvalue weighted by molar-refractivity contribution is -0.147. The van der Waals surface area contributed by atoms with Gasteiger partial charge in [-0.1, -0.05) is 24.1 Å². The van der Waals surface area contributed by atoms with Crippen LogP contribution in [0, 0.1) is 34.5 Å². The minimum Gasteiger partial charge on any atom is -0.481 e. The van der Waals surface area contributed by atoms with Gasteiger partial charge >= 0.3 is 11.9 Å². The van der Waals surface area contributed by atoms with Crippen LogP contribution in [0.1, 0.15) is 58.8 Å². The fraction of sp³-hybridized carbons (Fsp3) is 0.696. The second kappa shape index (κ2) is 6.79. The summed E-state index contributed by atoms with van der Waals surface area (Å²) in [5.74, 6) is -2.14. The molecule has 0 radical (unpaired) electrons. The first-order valence-corrected chi connectivity index (χ1v) is 10.7. The Balaban J connectivity index is 1.77. The first kappa shape index (κ1) is 20.3. The first-order chi connectivity index (χ1) is 13.6. The fourth-order valence-corrected chi connectivity index (χ4v) is 7.03. The molecule has 4 rings (SSSR count). The smallest absolute Gasteiger partial charge is 0.307 e. The lowest BCUT2D eigenvalue weighted by Gasteiger charge is -2.56. The van der Waals surface area contributed by atoms with Crippen molar-refractivity contribution in [1.82, 2.24) is 0 Å². The van der Waals surface area contributed by atoms with E-state index in [-0.39, 0.29) is 41.8 Å². The van der Waals surface area contributed by atoms with Crippen LogP contribution in [0.4, 0.5) is 0 Å². The molecule has 3 N–H and O–H groups in total. The number of carbonyl (C=O) groups excluding carboxylic acids is 1. The molecular formula is C23H30O6. The minimum atomic E-state index is -0.852. The van der Waals surface area contributed by atoms with Gasteiger partial charge in [0, 0.05) is 18.3 Å². The summed E-state index contributed by atoms with van der Waals surface area (Å²) in [5.41, 5.74) is 0.943. The lowest BCUT2D eigenvalue weighted by Crippen LogP contribution is -2.53. The molecule has 0 aromatic heterocycles. The maximum atomic E-state index is 12.3. The number of aliphatic carboxylic acids is 2. The summed E-state index contributed by atoms with van der Waals surface area (Å²) in [7, 11) is 0. The molecular weight excluding hydrogens is 372 g/mol. The van der Waals surface area contributed by atoms with E-state index in [0.717, 1.165) is 30.4 Å². The van der Waals surface area contributed by atoms with E-state index < -0.39 is 29.4 Å². The van der Waals surface area contributed by atoms with E-state index in [9.17, 15) is 24.6 Å². The maximum Gasteiger partial charge on any atom is 0.307 e. The van der Waals surface area contributed by atoms with Crippen molar-refractivity contribution in [3.63, 3.8) is 0 Å². The number of carboxylic acid groups (broad SMARTS) is 2. The number of aliphatic hydroxyl groups excluding tert-OH is 1. The third kappa shape index (κ3) is 2.90. The molecule has 7 atom stereocenters. The molecule has 4 aliphatic rings. The summed E-state index contributed by atoms with van der Waals surface area (Å²) in [6.07, 6.45) is 6.57. The summed E-state index contributed by atoms with van der Waals surface area (Å²) in [5, 5.41) is 30.1. The van der Waals surface area contributed by atoms with Crippen molar-refractivity contribution in [2.45, 2.75) is 64.9 Å². The van der Waals surface area contributed by atoms with Crippen LogP contribution in [0.2, 0.25) is 0 Å². The standard InChI is InChI=1S/C23H30O6/c1-22-8-7-17-20(16(22)5-3-12(22)4-6-19(26)27)15(21(28)29)10-13-9-14(24)11-18(25)23(13,17)2/h7,9,12,15-16,18,20,25H,3-6,8,10-11H2,1-2H3,(H,26,27)(H,28,29)/t12-,15-,16+,18-,20+,22-,23+/m1/s1. The molecule has 0 bridgehead atoms. The Hall–Kier alpha value is -1.95. The van der Waals surface area contributed by atoms with Crippen LogP contribution in [0.25, 0.3) is 0 Å². The second-order valence-corrected chi connectivity index (χ2v) is 9.92. The third-order valence-corrected chi connectivity index (χ3v) is 8.72. The Labute approximate surface area is 170 Å².